The van der Waals surface area contributed by atoms with E-state index >= 15 is 0 Å². The Morgan fingerprint density at radius 1 is 1.36 bits per heavy atom. The van der Waals surface area contributed by atoms with Crippen molar-refractivity contribution in [3.63, 3.8) is 0 Å². The van der Waals surface area contributed by atoms with Gasteiger partial charge in [0.25, 0.3) is 0 Å². The van der Waals surface area contributed by atoms with Gasteiger partial charge >= 0.3 is 5.69 Å². The first-order chi connectivity index (χ1) is 6.79. The molecule has 1 aromatic rings. The largest absolute Gasteiger partial charge is 0.340 e. The molecule has 1 aliphatic rings. The number of nitrogens with one attached hydrogen (secondary N) is 2. The quantitative estimate of drug-likeness (QED) is 0.637. The first kappa shape index (κ1) is 9.45. The van der Waals surface area contributed by atoms with Crippen LogP contribution in [-0.2, 0) is 0 Å². The summed E-state index contributed by atoms with van der Waals surface area (Å²) >= 11 is 0. The van der Waals surface area contributed by atoms with Gasteiger partial charge in [0.15, 0.2) is 0 Å². The zero-order chi connectivity index (χ0) is 9.97. The summed E-state index contributed by atoms with van der Waals surface area (Å²) < 4.78 is 0. The number of aromatic nitrogens is 3. The Kier molecular flexibility index (Phi) is 2.67. The number of nitrogens with two attached hydrogens (primary N) is 1. The topological polar surface area (TPSA) is 87.6 Å². The molecular formula is C9H16N4O. The summed E-state index contributed by atoms with van der Waals surface area (Å²) in [5.74, 6) is 1.89. The minimum atomic E-state index is -0.207. The predicted octanol–water partition coefficient (Wildman–Crippen LogP) is 0.330. The highest BCUT2D eigenvalue weighted by Gasteiger charge is 2.23. The average molecular weight is 196 g/mol. The monoisotopic (exact) mass is 196 g/mol. The van der Waals surface area contributed by atoms with Crippen LogP contribution in [-0.4, -0.2) is 21.7 Å². The van der Waals surface area contributed by atoms with Gasteiger partial charge in [0.05, 0.1) is 0 Å². The lowest BCUT2D eigenvalue weighted by molar-refractivity contribution is 0.326. The van der Waals surface area contributed by atoms with Crippen LogP contribution in [0.15, 0.2) is 4.79 Å². The third kappa shape index (κ3) is 1.87. The Balaban J connectivity index is 1.98. The normalized spacial score (nSPS) is 27.8. The van der Waals surface area contributed by atoms with E-state index in [-0.39, 0.29) is 5.69 Å². The van der Waals surface area contributed by atoms with Crippen molar-refractivity contribution in [2.24, 2.45) is 11.7 Å². The zero-order valence-electron chi connectivity index (χ0n) is 8.12. The van der Waals surface area contributed by atoms with E-state index in [1.807, 2.05) is 0 Å². The third-order valence-electron chi connectivity index (χ3n) is 3.09. The summed E-state index contributed by atoms with van der Waals surface area (Å²) in [6, 6.07) is 0. The van der Waals surface area contributed by atoms with Gasteiger partial charge in [-0.3, -0.25) is 4.98 Å². The van der Waals surface area contributed by atoms with E-state index in [9.17, 15) is 4.79 Å². The first-order valence-electron chi connectivity index (χ1n) is 5.14. The van der Waals surface area contributed by atoms with Gasteiger partial charge in [-0.1, -0.05) is 0 Å². The van der Waals surface area contributed by atoms with Crippen molar-refractivity contribution >= 4 is 0 Å². The van der Waals surface area contributed by atoms with E-state index in [0.29, 0.717) is 11.8 Å². The Morgan fingerprint density at radius 3 is 2.57 bits per heavy atom. The molecule has 0 bridgehead atoms. The van der Waals surface area contributed by atoms with E-state index in [4.69, 9.17) is 5.73 Å². The molecule has 1 heterocycles. The molecule has 0 atom stereocenters. The van der Waals surface area contributed by atoms with Crippen molar-refractivity contribution in [2.75, 3.05) is 6.54 Å². The molecule has 5 nitrogen and oxygen atoms in total. The smallest absolute Gasteiger partial charge is 0.330 e. The number of nitrogens with zero attached hydrogens (tertiary/aromatic N) is 1. The Hall–Kier alpha value is -1.10. The van der Waals surface area contributed by atoms with Crippen LogP contribution in [0, 0.1) is 5.92 Å². The highest BCUT2D eigenvalue weighted by Crippen LogP contribution is 2.32. The van der Waals surface area contributed by atoms with E-state index < -0.39 is 0 Å². The van der Waals surface area contributed by atoms with Crippen molar-refractivity contribution in [3.8, 4) is 0 Å². The summed E-state index contributed by atoms with van der Waals surface area (Å²) in [4.78, 5) is 13.6. The maximum atomic E-state index is 10.9. The number of hydrogen-bond donors (Lipinski definition) is 3. The molecule has 0 aliphatic heterocycles. The van der Waals surface area contributed by atoms with Crippen molar-refractivity contribution in [1.82, 2.24) is 15.2 Å². The number of aromatic amines is 2. The third-order valence-corrected chi connectivity index (χ3v) is 3.09. The maximum absolute atomic E-state index is 10.9. The Labute approximate surface area is 82.1 Å². The fourth-order valence-electron chi connectivity index (χ4n) is 2.15. The lowest BCUT2D eigenvalue weighted by Crippen LogP contribution is -2.21. The minimum Gasteiger partial charge on any atom is -0.330 e. The van der Waals surface area contributed by atoms with E-state index in [1.54, 1.807) is 0 Å². The van der Waals surface area contributed by atoms with Gasteiger partial charge in [0, 0.05) is 5.92 Å². The standard InChI is InChI=1S/C9H16N4O/c10-5-6-1-3-7(4-2-6)8-11-9(14)13-12-8/h6-7H,1-5,10H2,(H2,11,12,13,14). The second kappa shape index (κ2) is 3.96. The number of hydrogen-bond acceptors (Lipinski definition) is 3. The molecule has 0 amide bonds. The van der Waals surface area contributed by atoms with Gasteiger partial charge in [0.2, 0.25) is 0 Å². The highest BCUT2D eigenvalue weighted by molar-refractivity contribution is 4.95. The fourth-order valence-corrected chi connectivity index (χ4v) is 2.15. The van der Waals surface area contributed by atoms with Crippen LogP contribution in [0.5, 0.6) is 0 Å². The van der Waals surface area contributed by atoms with Crippen LogP contribution >= 0.6 is 0 Å². The summed E-state index contributed by atoms with van der Waals surface area (Å²) in [6.45, 7) is 0.782. The average Bonchev–Trinajstić information content (AvgIpc) is 2.65. The molecule has 0 aromatic carbocycles. The lowest BCUT2D eigenvalue weighted by Gasteiger charge is -2.25. The molecule has 1 aliphatic carbocycles. The second-order valence-electron chi connectivity index (χ2n) is 4.02. The zero-order valence-corrected chi connectivity index (χ0v) is 8.12. The Morgan fingerprint density at radius 2 is 2.07 bits per heavy atom. The van der Waals surface area contributed by atoms with Crippen LogP contribution in [0.2, 0.25) is 0 Å². The molecule has 0 unspecified atom stereocenters. The molecule has 1 aromatic heterocycles. The fraction of sp³-hybridized carbons (Fsp3) is 0.778. The van der Waals surface area contributed by atoms with Crippen LogP contribution < -0.4 is 11.4 Å². The number of H-pyrrole nitrogens is 2. The summed E-state index contributed by atoms with van der Waals surface area (Å²) in [5.41, 5.74) is 5.40. The molecule has 4 N–H and O–H groups in total. The number of rotatable bonds is 2. The molecule has 0 spiro atoms. The van der Waals surface area contributed by atoms with Crippen LogP contribution in [0.1, 0.15) is 37.4 Å². The second-order valence-corrected chi connectivity index (χ2v) is 4.02. The van der Waals surface area contributed by atoms with Gasteiger partial charge in [-0.2, -0.15) is 5.10 Å². The Bertz CT molecular complexity index is 335. The molecule has 0 radical (unpaired) electrons. The van der Waals surface area contributed by atoms with E-state index in [0.717, 1.165) is 38.1 Å². The van der Waals surface area contributed by atoms with E-state index in [2.05, 4.69) is 15.2 Å². The van der Waals surface area contributed by atoms with Gasteiger partial charge < -0.3 is 5.73 Å². The molecular weight excluding hydrogens is 180 g/mol. The van der Waals surface area contributed by atoms with Gasteiger partial charge in [-0.15, -0.1) is 0 Å². The molecule has 78 valence electrons. The van der Waals surface area contributed by atoms with Gasteiger partial charge in [-0.05, 0) is 38.1 Å². The molecule has 2 rings (SSSR count). The van der Waals surface area contributed by atoms with Crippen LogP contribution in [0.3, 0.4) is 0 Å². The van der Waals surface area contributed by atoms with Gasteiger partial charge in [0.1, 0.15) is 5.82 Å². The summed E-state index contributed by atoms with van der Waals surface area (Å²) in [7, 11) is 0. The lowest BCUT2D eigenvalue weighted by atomic mass is 9.82. The minimum absolute atomic E-state index is 0.207. The predicted molar refractivity (Wildman–Crippen MR) is 53.0 cm³/mol. The van der Waals surface area contributed by atoms with Crippen molar-refractivity contribution in [3.05, 3.63) is 16.3 Å². The highest BCUT2D eigenvalue weighted by atomic mass is 16.1. The molecule has 1 fully saturated rings. The molecule has 1 saturated carbocycles. The van der Waals surface area contributed by atoms with Crippen LogP contribution in [0.25, 0.3) is 0 Å². The SMILES string of the molecule is NCC1CCC(c2n[nH]c(=O)[nH]2)CC1. The van der Waals surface area contributed by atoms with Crippen LogP contribution in [0.4, 0.5) is 0 Å². The van der Waals surface area contributed by atoms with Gasteiger partial charge in [-0.25, -0.2) is 9.89 Å². The summed E-state index contributed by atoms with van der Waals surface area (Å²) in [5, 5.41) is 6.37. The maximum Gasteiger partial charge on any atom is 0.340 e. The molecule has 5 heteroatoms. The van der Waals surface area contributed by atoms with Crippen molar-refractivity contribution in [2.45, 2.75) is 31.6 Å². The first-order valence-corrected chi connectivity index (χ1v) is 5.14. The molecule has 0 saturated heterocycles. The van der Waals surface area contributed by atoms with E-state index in [1.165, 1.54) is 0 Å². The van der Waals surface area contributed by atoms with Crippen molar-refractivity contribution < 1.29 is 0 Å². The van der Waals surface area contributed by atoms with Crippen molar-refractivity contribution in [1.29, 1.82) is 0 Å². The summed E-state index contributed by atoms with van der Waals surface area (Å²) in [6.07, 6.45) is 4.47. The molecule has 14 heavy (non-hydrogen) atoms.